The molecule has 2 aromatic rings. The Morgan fingerprint density at radius 2 is 1.70 bits per heavy atom. The minimum absolute atomic E-state index is 0.266. The minimum atomic E-state index is -0.266. The number of allylic oxidation sites excluding steroid dienone is 1. The zero-order valence-corrected chi connectivity index (χ0v) is 13.7. The molecule has 2 N–H and O–H groups in total. The summed E-state index contributed by atoms with van der Waals surface area (Å²) in [6.07, 6.45) is 6.07. The highest BCUT2D eigenvalue weighted by atomic mass is 32.2. The molecule has 4 rings (SSSR count). The molecule has 1 saturated heterocycles. The topological polar surface area (TPSA) is 49.3 Å². The van der Waals surface area contributed by atoms with Crippen molar-refractivity contribution >= 4 is 15.6 Å². The molecular weight excluding hydrogens is 304 g/mol. The van der Waals surface area contributed by atoms with Crippen LogP contribution < -0.4 is 10.7 Å². The van der Waals surface area contributed by atoms with Crippen LogP contribution in [-0.2, 0) is 10.7 Å². The lowest BCUT2D eigenvalue weighted by atomic mass is 9.93. The molecule has 118 valence electrons. The summed E-state index contributed by atoms with van der Waals surface area (Å²) in [7, 11) is -0.266. The number of hydrogen-bond acceptors (Lipinski definition) is 4. The van der Waals surface area contributed by atoms with Crippen LogP contribution in [0.3, 0.4) is 0 Å². The first-order valence-electron chi connectivity index (χ1n) is 8.05. The van der Waals surface area contributed by atoms with Gasteiger partial charge in [-0.05, 0) is 66.5 Å². The van der Waals surface area contributed by atoms with E-state index in [1.807, 2.05) is 12.4 Å². The highest BCUT2D eigenvalue weighted by molar-refractivity contribution is 7.97. The molecule has 1 aromatic heterocycles. The van der Waals surface area contributed by atoms with E-state index in [-0.39, 0.29) is 10.7 Å². The molecule has 23 heavy (non-hydrogen) atoms. The first-order valence-corrected chi connectivity index (χ1v) is 9.23. The van der Waals surface area contributed by atoms with Crippen LogP contribution in [-0.4, -0.2) is 18.1 Å². The smallest absolute Gasteiger partial charge is 0.0537 e. The fourth-order valence-corrected chi connectivity index (χ4v) is 4.99. The Morgan fingerprint density at radius 3 is 2.43 bits per heavy atom. The van der Waals surface area contributed by atoms with Crippen molar-refractivity contribution in [2.45, 2.75) is 17.7 Å². The Hall–Kier alpha value is -1.98. The first kappa shape index (κ1) is 14.6. The Morgan fingerprint density at radius 1 is 0.957 bits per heavy atom. The number of aromatic nitrogens is 1. The van der Waals surface area contributed by atoms with Crippen LogP contribution in [0.25, 0.3) is 4.91 Å². The monoisotopic (exact) mass is 324 g/mol. The van der Waals surface area contributed by atoms with Crippen molar-refractivity contribution in [3.63, 3.8) is 0 Å². The van der Waals surface area contributed by atoms with E-state index < -0.39 is 0 Å². The lowest BCUT2D eigenvalue weighted by molar-refractivity contribution is 0.407. The Bertz CT molecular complexity index is 734. The van der Waals surface area contributed by atoms with E-state index in [0.717, 1.165) is 13.1 Å². The number of benzene rings is 1. The summed E-state index contributed by atoms with van der Waals surface area (Å²) in [6, 6.07) is 14.8. The third kappa shape index (κ3) is 2.94. The second-order valence-corrected chi connectivity index (χ2v) is 7.44. The number of nitrogens with one attached hydrogen (secondary N) is 2. The highest BCUT2D eigenvalue weighted by Crippen LogP contribution is 2.36. The van der Waals surface area contributed by atoms with Gasteiger partial charge in [-0.1, -0.05) is 18.2 Å². The number of pyridine rings is 1. The predicted molar refractivity (Wildman–Crippen MR) is 94.4 cm³/mol. The van der Waals surface area contributed by atoms with Crippen LogP contribution in [0.15, 0.2) is 69.9 Å². The standard InChI is InChI=1S/C18H20N4S/c1-2-4-16(5-3-1)23-18(15-8-12-20-13-9-15)17(21-22-23)14-6-10-19-11-7-14/h1-5,8-9,12-14,19,21H,6-7,10-11H2. The maximum Gasteiger partial charge on any atom is 0.0537 e. The minimum Gasteiger partial charge on any atom is -0.317 e. The molecule has 0 bridgehead atoms. The van der Waals surface area contributed by atoms with E-state index in [9.17, 15) is 0 Å². The quantitative estimate of drug-likeness (QED) is 0.912. The van der Waals surface area contributed by atoms with E-state index in [4.69, 9.17) is 4.47 Å². The van der Waals surface area contributed by atoms with Gasteiger partial charge in [-0.15, -0.1) is 4.47 Å². The van der Waals surface area contributed by atoms with Crippen LogP contribution in [0.1, 0.15) is 18.4 Å². The average Bonchev–Trinajstić information content (AvgIpc) is 3.09. The molecule has 1 fully saturated rings. The Balaban J connectivity index is 1.80. The predicted octanol–water partition coefficient (Wildman–Crippen LogP) is 3.13. The largest absolute Gasteiger partial charge is 0.317 e. The van der Waals surface area contributed by atoms with Crippen molar-refractivity contribution < 1.29 is 0 Å². The second-order valence-electron chi connectivity index (χ2n) is 5.80. The van der Waals surface area contributed by atoms with Crippen molar-refractivity contribution in [3.8, 4) is 0 Å². The van der Waals surface area contributed by atoms with E-state index in [2.05, 4.69) is 58.2 Å². The number of rotatable bonds is 3. The van der Waals surface area contributed by atoms with Crippen LogP contribution in [0, 0.1) is 5.92 Å². The molecule has 4 nitrogen and oxygen atoms in total. The van der Waals surface area contributed by atoms with Gasteiger partial charge in [0.1, 0.15) is 0 Å². The Kier molecular flexibility index (Phi) is 4.22. The zero-order chi connectivity index (χ0) is 15.5. The molecule has 3 heterocycles. The van der Waals surface area contributed by atoms with Gasteiger partial charge in [-0.3, -0.25) is 10.4 Å². The molecular formula is C18H20N4S. The van der Waals surface area contributed by atoms with Crippen molar-refractivity contribution in [1.29, 1.82) is 0 Å². The summed E-state index contributed by atoms with van der Waals surface area (Å²) >= 11 is 0. The van der Waals surface area contributed by atoms with E-state index in [0.29, 0.717) is 5.92 Å². The summed E-state index contributed by atoms with van der Waals surface area (Å²) < 4.78 is 4.78. The van der Waals surface area contributed by atoms with Crippen LogP contribution in [0.2, 0.25) is 0 Å². The number of nitrogens with zero attached hydrogens (tertiary/aromatic N) is 2. The maximum absolute atomic E-state index is 4.78. The molecule has 0 amide bonds. The highest BCUT2D eigenvalue weighted by Gasteiger charge is 2.28. The van der Waals surface area contributed by atoms with Gasteiger partial charge < -0.3 is 5.32 Å². The van der Waals surface area contributed by atoms with Gasteiger partial charge in [0.05, 0.1) is 10.6 Å². The van der Waals surface area contributed by atoms with Gasteiger partial charge in [0.15, 0.2) is 0 Å². The fourth-order valence-electron chi connectivity index (χ4n) is 3.17. The molecule has 0 aliphatic carbocycles. The van der Waals surface area contributed by atoms with E-state index >= 15 is 0 Å². The van der Waals surface area contributed by atoms with Crippen LogP contribution >= 0.6 is 0 Å². The molecule has 2 aliphatic heterocycles. The summed E-state index contributed by atoms with van der Waals surface area (Å²) in [5.74, 6) is 0.560. The van der Waals surface area contributed by atoms with Gasteiger partial charge in [-0.25, -0.2) is 0 Å². The van der Waals surface area contributed by atoms with Gasteiger partial charge >= 0.3 is 0 Å². The normalized spacial score (nSPS) is 21.8. The van der Waals surface area contributed by atoms with Gasteiger partial charge in [0.2, 0.25) is 0 Å². The second kappa shape index (κ2) is 6.64. The third-order valence-electron chi connectivity index (χ3n) is 4.35. The van der Waals surface area contributed by atoms with Crippen molar-refractivity contribution in [1.82, 2.24) is 15.7 Å². The number of piperidine rings is 1. The van der Waals surface area contributed by atoms with Gasteiger partial charge in [-0.2, -0.15) is 0 Å². The maximum atomic E-state index is 4.78. The first-order chi connectivity index (χ1) is 11.4. The SMILES string of the molecule is c1ccc(S2=NNC(C3CCNCC3)=C2c2ccncc2)cc1. The summed E-state index contributed by atoms with van der Waals surface area (Å²) in [6.45, 7) is 2.16. The van der Waals surface area contributed by atoms with Crippen LogP contribution in [0.4, 0.5) is 0 Å². The third-order valence-corrected chi connectivity index (χ3v) is 6.19. The molecule has 1 aromatic carbocycles. The van der Waals surface area contributed by atoms with Crippen molar-refractivity contribution in [2.24, 2.45) is 10.4 Å². The van der Waals surface area contributed by atoms with Crippen molar-refractivity contribution in [3.05, 3.63) is 66.1 Å². The molecule has 5 heteroatoms. The fraction of sp³-hybridized carbons (Fsp3) is 0.278. The van der Waals surface area contributed by atoms with Crippen molar-refractivity contribution in [2.75, 3.05) is 13.1 Å². The average molecular weight is 324 g/mol. The van der Waals surface area contributed by atoms with Gasteiger partial charge in [0.25, 0.3) is 0 Å². The molecule has 0 spiro atoms. The van der Waals surface area contributed by atoms with E-state index in [1.54, 1.807) is 0 Å². The summed E-state index contributed by atoms with van der Waals surface area (Å²) in [4.78, 5) is 6.77. The molecule has 1 unspecified atom stereocenters. The molecule has 0 saturated carbocycles. The lowest BCUT2D eigenvalue weighted by Crippen LogP contribution is -2.30. The molecule has 2 aliphatic rings. The Labute approximate surface area is 139 Å². The molecule has 1 atom stereocenters. The summed E-state index contributed by atoms with van der Waals surface area (Å²) in [5.41, 5.74) is 5.93. The van der Waals surface area contributed by atoms with E-state index in [1.165, 1.54) is 33.9 Å². The van der Waals surface area contributed by atoms with Crippen LogP contribution in [0.5, 0.6) is 0 Å². The molecule has 0 radical (unpaired) electrons. The zero-order valence-electron chi connectivity index (χ0n) is 12.9. The number of hydrogen-bond donors (Lipinski definition) is 2. The van der Waals surface area contributed by atoms with Gasteiger partial charge in [0, 0.05) is 23.2 Å². The summed E-state index contributed by atoms with van der Waals surface area (Å²) in [5, 5.41) is 3.45. The lowest BCUT2D eigenvalue weighted by Gasteiger charge is -2.24.